The fourth-order valence-corrected chi connectivity index (χ4v) is 3.75. The second-order valence-electron chi connectivity index (χ2n) is 7.79. The number of aryl methyl sites for hydroxylation is 1. The molecule has 1 aliphatic heterocycles. The number of allylic oxidation sites excluding steroid dienone is 1. The van der Waals surface area contributed by atoms with E-state index in [-0.39, 0.29) is 0 Å². The highest BCUT2D eigenvalue weighted by Gasteiger charge is 2.25. The SMILES string of the molecule is CC(C)=CCN(c1ccc(C)cc1)C1CCCN(Cc2ccccc2)C1. The standard InChI is InChI=1S/C24H32N2/c1-20(2)15-17-26(23-13-11-21(3)12-14-23)24-10-7-16-25(19-24)18-22-8-5-4-6-9-22/h4-6,8-9,11-15,24H,7,10,16-19H2,1-3H3. The van der Waals surface area contributed by atoms with Crippen LogP contribution >= 0.6 is 0 Å². The average Bonchev–Trinajstić information content (AvgIpc) is 2.64. The van der Waals surface area contributed by atoms with Crippen molar-refractivity contribution in [1.82, 2.24) is 4.90 Å². The highest BCUT2D eigenvalue weighted by atomic mass is 15.2. The zero-order valence-electron chi connectivity index (χ0n) is 16.5. The van der Waals surface area contributed by atoms with Gasteiger partial charge in [0.15, 0.2) is 0 Å². The second kappa shape index (κ2) is 9.05. The molecular formula is C24H32N2. The Morgan fingerprint density at radius 1 is 1.08 bits per heavy atom. The van der Waals surface area contributed by atoms with Crippen molar-refractivity contribution in [2.75, 3.05) is 24.5 Å². The first-order valence-electron chi connectivity index (χ1n) is 9.85. The normalized spacial score (nSPS) is 17.7. The summed E-state index contributed by atoms with van der Waals surface area (Å²) in [4.78, 5) is 5.22. The Balaban J connectivity index is 1.74. The van der Waals surface area contributed by atoms with Crippen molar-refractivity contribution in [3.63, 3.8) is 0 Å². The van der Waals surface area contributed by atoms with Crippen LogP contribution in [0.15, 0.2) is 66.2 Å². The van der Waals surface area contributed by atoms with Gasteiger partial charge in [-0.2, -0.15) is 0 Å². The van der Waals surface area contributed by atoms with E-state index in [9.17, 15) is 0 Å². The molecule has 0 aliphatic carbocycles. The summed E-state index contributed by atoms with van der Waals surface area (Å²) in [7, 11) is 0. The van der Waals surface area contributed by atoms with Crippen LogP contribution < -0.4 is 4.90 Å². The summed E-state index contributed by atoms with van der Waals surface area (Å²) in [6.07, 6.45) is 4.90. The molecule has 1 fully saturated rings. The maximum absolute atomic E-state index is 2.62. The van der Waals surface area contributed by atoms with Crippen molar-refractivity contribution < 1.29 is 0 Å². The highest BCUT2D eigenvalue weighted by molar-refractivity contribution is 5.49. The first-order valence-corrected chi connectivity index (χ1v) is 9.85. The molecule has 1 unspecified atom stereocenters. The van der Waals surface area contributed by atoms with E-state index in [1.165, 1.54) is 41.8 Å². The summed E-state index contributed by atoms with van der Waals surface area (Å²) in [5.74, 6) is 0. The molecule has 0 N–H and O–H groups in total. The van der Waals surface area contributed by atoms with E-state index in [1.807, 2.05) is 0 Å². The number of anilines is 1. The Hall–Kier alpha value is -2.06. The van der Waals surface area contributed by atoms with Gasteiger partial charge in [-0.15, -0.1) is 0 Å². The molecule has 3 rings (SSSR count). The van der Waals surface area contributed by atoms with E-state index in [1.54, 1.807) is 0 Å². The molecule has 0 amide bonds. The van der Waals surface area contributed by atoms with Gasteiger partial charge in [-0.1, -0.05) is 59.7 Å². The summed E-state index contributed by atoms with van der Waals surface area (Å²) in [5, 5.41) is 0. The molecule has 0 bridgehead atoms. The minimum atomic E-state index is 0.575. The molecule has 2 aromatic rings. The van der Waals surface area contributed by atoms with Crippen LogP contribution in [-0.4, -0.2) is 30.6 Å². The van der Waals surface area contributed by atoms with E-state index >= 15 is 0 Å². The Morgan fingerprint density at radius 2 is 1.81 bits per heavy atom. The summed E-state index contributed by atoms with van der Waals surface area (Å²) in [5.41, 5.74) is 5.48. The Kier molecular flexibility index (Phi) is 6.51. The van der Waals surface area contributed by atoms with Gasteiger partial charge < -0.3 is 4.90 Å². The zero-order chi connectivity index (χ0) is 18.4. The number of likely N-dealkylation sites (tertiary alicyclic amines) is 1. The van der Waals surface area contributed by atoms with Gasteiger partial charge in [-0.05, 0) is 57.9 Å². The number of hydrogen-bond acceptors (Lipinski definition) is 2. The van der Waals surface area contributed by atoms with Crippen molar-refractivity contribution in [2.45, 2.75) is 46.2 Å². The maximum Gasteiger partial charge on any atom is 0.0421 e. The molecule has 2 nitrogen and oxygen atoms in total. The van der Waals surface area contributed by atoms with Gasteiger partial charge in [0.2, 0.25) is 0 Å². The van der Waals surface area contributed by atoms with E-state index in [4.69, 9.17) is 0 Å². The lowest BCUT2D eigenvalue weighted by Crippen LogP contribution is -2.48. The summed E-state index contributed by atoms with van der Waals surface area (Å²) >= 11 is 0. The first-order chi connectivity index (χ1) is 12.6. The Labute approximate surface area is 159 Å². The minimum absolute atomic E-state index is 0.575. The van der Waals surface area contributed by atoms with Crippen LogP contribution in [0.5, 0.6) is 0 Å². The predicted octanol–water partition coefficient (Wildman–Crippen LogP) is 5.43. The lowest BCUT2D eigenvalue weighted by molar-refractivity contribution is 0.197. The molecule has 2 heteroatoms. The molecule has 0 saturated carbocycles. The van der Waals surface area contributed by atoms with Crippen LogP contribution in [0.1, 0.15) is 37.8 Å². The van der Waals surface area contributed by atoms with Gasteiger partial charge in [0, 0.05) is 31.4 Å². The predicted molar refractivity (Wildman–Crippen MR) is 113 cm³/mol. The lowest BCUT2D eigenvalue weighted by atomic mass is 10.0. The van der Waals surface area contributed by atoms with Gasteiger partial charge in [-0.3, -0.25) is 4.90 Å². The molecule has 0 radical (unpaired) electrons. The van der Waals surface area contributed by atoms with Crippen molar-refractivity contribution in [1.29, 1.82) is 0 Å². The number of nitrogens with zero attached hydrogens (tertiary/aromatic N) is 2. The zero-order valence-corrected chi connectivity index (χ0v) is 16.5. The minimum Gasteiger partial charge on any atom is -0.364 e. The summed E-state index contributed by atoms with van der Waals surface area (Å²) in [6.45, 7) is 10.9. The lowest BCUT2D eigenvalue weighted by Gasteiger charge is -2.40. The van der Waals surface area contributed by atoms with Gasteiger partial charge in [0.05, 0.1) is 0 Å². The summed E-state index contributed by atoms with van der Waals surface area (Å²) in [6, 6.07) is 20.5. The van der Waals surface area contributed by atoms with E-state index in [0.29, 0.717) is 6.04 Å². The quantitative estimate of drug-likeness (QED) is 0.642. The molecular weight excluding hydrogens is 316 g/mol. The second-order valence-corrected chi connectivity index (χ2v) is 7.79. The van der Waals surface area contributed by atoms with Crippen molar-refractivity contribution in [3.05, 3.63) is 77.4 Å². The third-order valence-electron chi connectivity index (χ3n) is 5.23. The third-order valence-corrected chi connectivity index (χ3v) is 5.23. The molecule has 1 heterocycles. The molecule has 1 aliphatic rings. The fraction of sp³-hybridized carbons (Fsp3) is 0.417. The molecule has 2 aromatic carbocycles. The topological polar surface area (TPSA) is 6.48 Å². The number of rotatable bonds is 6. The van der Waals surface area contributed by atoms with Crippen molar-refractivity contribution >= 4 is 5.69 Å². The third kappa shape index (κ3) is 5.22. The van der Waals surface area contributed by atoms with Crippen LogP contribution in [0.3, 0.4) is 0 Å². The van der Waals surface area contributed by atoms with Crippen LogP contribution in [0.2, 0.25) is 0 Å². The van der Waals surface area contributed by atoms with E-state index in [0.717, 1.165) is 19.6 Å². The molecule has 1 saturated heterocycles. The number of piperidine rings is 1. The van der Waals surface area contributed by atoms with Crippen LogP contribution in [0.25, 0.3) is 0 Å². The number of benzene rings is 2. The van der Waals surface area contributed by atoms with Gasteiger partial charge in [0.1, 0.15) is 0 Å². The monoisotopic (exact) mass is 348 g/mol. The Bertz CT molecular complexity index is 699. The van der Waals surface area contributed by atoms with Crippen LogP contribution in [0.4, 0.5) is 5.69 Å². The molecule has 0 spiro atoms. The average molecular weight is 349 g/mol. The van der Waals surface area contributed by atoms with E-state index < -0.39 is 0 Å². The van der Waals surface area contributed by atoms with Crippen LogP contribution in [-0.2, 0) is 6.54 Å². The van der Waals surface area contributed by atoms with Crippen molar-refractivity contribution in [2.24, 2.45) is 0 Å². The first kappa shape index (κ1) is 18.7. The summed E-state index contributed by atoms with van der Waals surface area (Å²) < 4.78 is 0. The van der Waals surface area contributed by atoms with Gasteiger partial charge >= 0.3 is 0 Å². The smallest absolute Gasteiger partial charge is 0.0421 e. The highest BCUT2D eigenvalue weighted by Crippen LogP contribution is 2.24. The van der Waals surface area contributed by atoms with Crippen LogP contribution in [0, 0.1) is 6.92 Å². The van der Waals surface area contributed by atoms with Gasteiger partial charge in [0.25, 0.3) is 0 Å². The van der Waals surface area contributed by atoms with Crippen molar-refractivity contribution in [3.8, 4) is 0 Å². The maximum atomic E-state index is 2.62. The molecule has 0 aromatic heterocycles. The fourth-order valence-electron chi connectivity index (χ4n) is 3.75. The van der Waals surface area contributed by atoms with Gasteiger partial charge in [-0.25, -0.2) is 0 Å². The molecule has 138 valence electrons. The molecule has 1 atom stereocenters. The Morgan fingerprint density at radius 3 is 2.50 bits per heavy atom. The number of hydrogen-bond donors (Lipinski definition) is 0. The largest absolute Gasteiger partial charge is 0.364 e. The van der Waals surface area contributed by atoms with E-state index in [2.05, 4.69) is 91.2 Å². The molecule has 26 heavy (non-hydrogen) atoms.